The number of carbonyl (C=O) groups is 1. The van der Waals surface area contributed by atoms with E-state index in [2.05, 4.69) is 30.2 Å². The van der Waals surface area contributed by atoms with Crippen LogP contribution in [0.1, 0.15) is 16.3 Å². The Morgan fingerprint density at radius 3 is 2.96 bits per heavy atom. The molecule has 0 saturated carbocycles. The van der Waals surface area contributed by atoms with Crippen molar-refractivity contribution in [1.29, 1.82) is 0 Å². The third-order valence-corrected chi connectivity index (χ3v) is 3.93. The molecule has 116 valence electrons. The Morgan fingerprint density at radius 2 is 2.17 bits per heavy atom. The van der Waals surface area contributed by atoms with Gasteiger partial charge < -0.3 is 15.2 Å². The number of pyridine rings is 1. The lowest BCUT2D eigenvalue weighted by Crippen LogP contribution is -2.59. The molecule has 7 heteroatoms. The van der Waals surface area contributed by atoms with Crippen LogP contribution < -0.4 is 10.2 Å². The van der Waals surface area contributed by atoms with Crippen molar-refractivity contribution in [2.75, 3.05) is 18.0 Å². The molecule has 1 fully saturated rings. The zero-order valence-corrected chi connectivity index (χ0v) is 12.7. The fraction of sp³-hybridized carbons (Fsp3) is 0.250. The smallest absolute Gasteiger partial charge is 0.271 e. The van der Waals surface area contributed by atoms with Crippen LogP contribution in [0.2, 0.25) is 0 Å². The van der Waals surface area contributed by atoms with E-state index in [1.54, 1.807) is 19.3 Å². The number of nitrogens with zero attached hydrogens (tertiary/aromatic N) is 4. The van der Waals surface area contributed by atoms with Gasteiger partial charge in [0.25, 0.3) is 5.91 Å². The minimum absolute atomic E-state index is 0.105. The van der Waals surface area contributed by atoms with Crippen LogP contribution in [0.3, 0.4) is 0 Å². The lowest BCUT2D eigenvalue weighted by molar-refractivity contribution is 0.0926. The van der Waals surface area contributed by atoms with Crippen LogP contribution in [-0.2, 0) is 0 Å². The van der Waals surface area contributed by atoms with Crippen molar-refractivity contribution in [3.63, 3.8) is 0 Å². The Balaban J connectivity index is 1.46. The molecule has 4 heterocycles. The van der Waals surface area contributed by atoms with Gasteiger partial charge in [0.1, 0.15) is 23.0 Å². The van der Waals surface area contributed by atoms with Crippen molar-refractivity contribution in [3.05, 3.63) is 48.2 Å². The van der Waals surface area contributed by atoms with E-state index in [9.17, 15) is 4.79 Å². The summed E-state index contributed by atoms with van der Waals surface area (Å²) in [5.41, 5.74) is 1.11. The zero-order valence-electron chi connectivity index (χ0n) is 12.7. The monoisotopic (exact) mass is 308 g/mol. The topological polar surface area (TPSA) is 86.8 Å². The second-order valence-electron chi connectivity index (χ2n) is 5.62. The van der Waals surface area contributed by atoms with Crippen molar-refractivity contribution < 1.29 is 4.79 Å². The molecule has 0 aliphatic carbocycles. The van der Waals surface area contributed by atoms with Gasteiger partial charge in [-0.15, -0.1) is 0 Å². The highest BCUT2D eigenvalue weighted by Gasteiger charge is 2.30. The van der Waals surface area contributed by atoms with Crippen LogP contribution in [-0.4, -0.2) is 45.0 Å². The summed E-state index contributed by atoms with van der Waals surface area (Å²) in [6, 6.07) is 7.75. The molecule has 2 N–H and O–H groups in total. The summed E-state index contributed by atoms with van der Waals surface area (Å²) >= 11 is 0. The molecular weight excluding hydrogens is 292 g/mol. The highest BCUT2D eigenvalue weighted by molar-refractivity contribution is 6.03. The summed E-state index contributed by atoms with van der Waals surface area (Å²) in [6.45, 7) is 3.29. The van der Waals surface area contributed by atoms with Gasteiger partial charge in [0.2, 0.25) is 0 Å². The molecule has 0 spiro atoms. The highest BCUT2D eigenvalue weighted by Crippen LogP contribution is 2.19. The average molecular weight is 308 g/mol. The van der Waals surface area contributed by atoms with E-state index in [1.807, 2.05) is 24.3 Å². The Bertz CT molecular complexity index is 853. The number of aromatic nitrogens is 4. The molecule has 23 heavy (non-hydrogen) atoms. The minimum Gasteiger partial charge on any atom is -0.352 e. The second kappa shape index (κ2) is 5.35. The number of nitrogens with one attached hydrogen (secondary N) is 2. The Hall–Kier alpha value is -2.96. The van der Waals surface area contributed by atoms with Gasteiger partial charge in [0.15, 0.2) is 0 Å². The first-order valence-corrected chi connectivity index (χ1v) is 7.49. The predicted molar refractivity (Wildman–Crippen MR) is 86.3 cm³/mol. The number of fused-ring (bicyclic) bond motifs is 1. The normalized spacial score (nSPS) is 14.7. The number of rotatable bonds is 3. The molecule has 1 saturated heterocycles. The van der Waals surface area contributed by atoms with Crippen LogP contribution in [0.25, 0.3) is 11.0 Å². The van der Waals surface area contributed by atoms with Gasteiger partial charge in [-0.2, -0.15) is 0 Å². The third kappa shape index (κ3) is 2.50. The zero-order chi connectivity index (χ0) is 15.8. The van der Waals surface area contributed by atoms with Crippen molar-refractivity contribution in [2.24, 2.45) is 0 Å². The molecular formula is C16H16N6O. The highest BCUT2D eigenvalue weighted by atomic mass is 16.2. The predicted octanol–water partition coefficient (Wildman–Crippen LogP) is 1.28. The number of aryl methyl sites for hydroxylation is 1. The molecule has 0 aromatic carbocycles. The lowest BCUT2D eigenvalue weighted by atomic mass is 10.1. The summed E-state index contributed by atoms with van der Waals surface area (Å²) < 4.78 is 0. The van der Waals surface area contributed by atoms with Crippen molar-refractivity contribution in [2.45, 2.75) is 13.0 Å². The molecule has 4 rings (SSSR count). The maximum Gasteiger partial charge on any atom is 0.271 e. The van der Waals surface area contributed by atoms with Gasteiger partial charge in [0, 0.05) is 25.5 Å². The third-order valence-electron chi connectivity index (χ3n) is 3.93. The Kier molecular flexibility index (Phi) is 3.18. The molecule has 0 radical (unpaired) electrons. The van der Waals surface area contributed by atoms with E-state index in [0.717, 1.165) is 24.3 Å². The largest absolute Gasteiger partial charge is 0.352 e. The maximum absolute atomic E-state index is 12.5. The molecule has 0 unspecified atom stereocenters. The molecule has 7 nitrogen and oxygen atoms in total. The van der Waals surface area contributed by atoms with E-state index in [1.165, 1.54) is 0 Å². The number of aromatic amines is 1. The standard InChI is InChI=1S/C16H16N6O/c1-10-19-14(12-5-7-18-15(12)20-10)16(23)21-11-8-22(9-11)13-4-2-3-6-17-13/h2-7,11H,8-9H2,1H3,(H,21,23)(H,18,19,20). The van der Waals surface area contributed by atoms with Gasteiger partial charge >= 0.3 is 0 Å². The van der Waals surface area contributed by atoms with Gasteiger partial charge in [-0.3, -0.25) is 4.79 Å². The van der Waals surface area contributed by atoms with Crippen LogP contribution in [0.4, 0.5) is 5.82 Å². The van der Waals surface area contributed by atoms with Gasteiger partial charge in [0.05, 0.1) is 11.4 Å². The first-order chi connectivity index (χ1) is 11.2. The van der Waals surface area contributed by atoms with Crippen molar-refractivity contribution in [1.82, 2.24) is 25.3 Å². The molecule has 1 amide bonds. The van der Waals surface area contributed by atoms with E-state index < -0.39 is 0 Å². The molecule has 0 atom stereocenters. The number of carbonyl (C=O) groups excluding carboxylic acids is 1. The fourth-order valence-electron chi connectivity index (χ4n) is 2.78. The first kappa shape index (κ1) is 13.7. The van der Waals surface area contributed by atoms with E-state index in [0.29, 0.717) is 17.2 Å². The van der Waals surface area contributed by atoms with Crippen LogP contribution in [0.5, 0.6) is 0 Å². The Morgan fingerprint density at radius 1 is 1.30 bits per heavy atom. The van der Waals surface area contributed by atoms with Gasteiger partial charge in [-0.05, 0) is 25.1 Å². The van der Waals surface area contributed by atoms with Crippen LogP contribution >= 0.6 is 0 Å². The SMILES string of the molecule is Cc1nc(C(=O)NC2CN(c3ccccn3)C2)c2cc[nH]c2n1. The summed E-state index contributed by atoms with van der Waals surface area (Å²) in [5.74, 6) is 1.35. The van der Waals surface area contributed by atoms with E-state index in [4.69, 9.17) is 0 Å². The first-order valence-electron chi connectivity index (χ1n) is 7.49. The number of hydrogen-bond acceptors (Lipinski definition) is 5. The molecule has 1 aliphatic heterocycles. The van der Waals surface area contributed by atoms with Crippen molar-refractivity contribution >= 4 is 22.8 Å². The number of H-pyrrole nitrogens is 1. The summed E-state index contributed by atoms with van der Waals surface area (Å²) in [4.78, 5) is 30.5. The second-order valence-corrected chi connectivity index (χ2v) is 5.62. The van der Waals surface area contributed by atoms with Crippen LogP contribution in [0.15, 0.2) is 36.7 Å². The van der Waals surface area contributed by atoms with Crippen LogP contribution in [0, 0.1) is 6.92 Å². The summed E-state index contributed by atoms with van der Waals surface area (Å²) in [6.07, 6.45) is 3.54. The number of amides is 1. The Labute approximate surface area is 132 Å². The van der Waals surface area contributed by atoms with Gasteiger partial charge in [-0.1, -0.05) is 6.07 Å². The summed E-state index contributed by atoms with van der Waals surface area (Å²) in [7, 11) is 0. The molecule has 3 aromatic rings. The minimum atomic E-state index is -0.161. The van der Waals surface area contributed by atoms with E-state index >= 15 is 0 Å². The molecule has 1 aliphatic rings. The van der Waals surface area contributed by atoms with Crippen molar-refractivity contribution in [3.8, 4) is 0 Å². The number of hydrogen-bond donors (Lipinski definition) is 2. The van der Waals surface area contributed by atoms with E-state index in [-0.39, 0.29) is 11.9 Å². The maximum atomic E-state index is 12.5. The average Bonchev–Trinajstić information content (AvgIpc) is 2.98. The molecule has 0 bridgehead atoms. The lowest BCUT2D eigenvalue weighted by Gasteiger charge is -2.40. The molecule has 3 aromatic heterocycles. The van der Waals surface area contributed by atoms with Gasteiger partial charge in [-0.25, -0.2) is 15.0 Å². The quantitative estimate of drug-likeness (QED) is 0.761. The fourth-order valence-corrected chi connectivity index (χ4v) is 2.78. The number of anilines is 1. The summed E-state index contributed by atoms with van der Waals surface area (Å²) in [5, 5.41) is 3.77.